The molecule has 2 nitrogen and oxygen atoms in total. The molecule has 2 heteroatoms. The lowest BCUT2D eigenvalue weighted by Gasteiger charge is -2.22. The maximum Gasteiger partial charge on any atom is 0.0638 e. The fourth-order valence-corrected chi connectivity index (χ4v) is 1.77. The zero-order valence-electron chi connectivity index (χ0n) is 9.84. The first-order chi connectivity index (χ1) is 6.78. The normalized spacial score (nSPS) is 12.8. The lowest BCUT2D eigenvalue weighted by atomic mass is 10.0. The smallest absolute Gasteiger partial charge is 0.0638 e. The molecule has 1 unspecified atom stereocenters. The van der Waals surface area contributed by atoms with E-state index in [1.165, 1.54) is 25.7 Å². The van der Waals surface area contributed by atoms with Gasteiger partial charge in [0.1, 0.15) is 0 Å². The molecular formula is C12H24N2. The minimum atomic E-state index is 0.392. The van der Waals surface area contributed by atoms with Crippen molar-refractivity contribution in [3.05, 3.63) is 0 Å². The van der Waals surface area contributed by atoms with Gasteiger partial charge in [-0.15, -0.1) is 0 Å². The third-order valence-corrected chi connectivity index (χ3v) is 2.58. The molecule has 0 amide bonds. The highest BCUT2D eigenvalue weighted by Gasteiger charge is 2.11. The van der Waals surface area contributed by atoms with Crippen molar-refractivity contribution in [1.29, 1.82) is 5.26 Å². The summed E-state index contributed by atoms with van der Waals surface area (Å²) in [6.45, 7) is 6.58. The van der Waals surface area contributed by atoms with Crippen LogP contribution in [0.5, 0.6) is 0 Å². The molecule has 14 heavy (non-hydrogen) atoms. The third-order valence-electron chi connectivity index (χ3n) is 2.58. The van der Waals surface area contributed by atoms with Crippen LogP contribution in [-0.2, 0) is 0 Å². The maximum atomic E-state index is 8.65. The van der Waals surface area contributed by atoms with E-state index in [1.807, 2.05) is 0 Å². The van der Waals surface area contributed by atoms with E-state index in [9.17, 15) is 0 Å². The van der Waals surface area contributed by atoms with Crippen LogP contribution in [0.25, 0.3) is 0 Å². The van der Waals surface area contributed by atoms with Crippen molar-refractivity contribution in [2.45, 2.75) is 71.4 Å². The SMILES string of the molecule is CCCC(CCC)NC(CC)CC#N. The first-order valence-electron chi connectivity index (χ1n) is 5.91. The average Bonchev–Trinajstić information content (AvgIpc) is 2.18. The molecule has 0 fully saturated rings. The zero-order chi connectivity index (χ0) is 10.8. The number of hydrogen-bond donors (Lipinski definition) is 1. The summed E-state index contributed by atoms with van der Waals surface area (Å²) in [7, 11) is 0. The molecule has 0 rings (SSSR count). The summed E-state index contributed by atoms with van der Waals surface area (Å²) in [5.41, 5.74) is 0. The molecule has 1 atom stereocenters. The predicted molar refractivity (Wildman–Crippen MR) is 61.0 cm³/mol. The van der Waals surface area contributed by atoms with Gasteiger partial charge >= 0.3 is 0 Å². The summed E-state index contributed by atoms with van der Waals surface area (Å²) >= 11 is 0. The van der Waals surface area contributed by atoms with Crippen LogP contribution in [0.4, 0.5) is 0 Å². The Balaban J connectivity index is 3.91. The van der Waals surface area contributed by atoms with Crippen molar-refractivity contribution < 1.29 is 0 Å². The summed E-state index contributed by atoms with van der Waals surface area (Å²) in [4.78, 5) is 0. The fourth-order valence-electron chi connectivity index (χ4n) is 1.77. The van der Waals surface area contributed by atoms with Crippen LogP contribution in [0.3, 0.4) is 0 Å². The zero-order valence-corrected chi connectivity index (χ0v) is 9.84. The molecule has 0 saturated heterocycles. The fraction of sp³-hybridized carbons (Fsp3) is 0.917. The Morgan fingerprint density at radius 1 is 1.07 bits per heavy atom. The third kappa shape index (κ3) is 5.99. The first-order valence-corrected chi connectivity index (χ1v) is 5.91. The Hall–Kier alpha value is -0.550. The van der Waals surface area contributed by atoms with Crippen LogP contribution < -0.4 is 5.32 Å². The van der Waals surface area contributed by atoms with E-state index in [1.54, 1.807) is 0 Å². The summed E-state index contributed by atoms with van der Waals surface area (Å²) in [6, 6.07) is 3.25. The minimum Gasteiger partial charge on any atom is -0.310 e. The monoisotopic (exact) mass is 196 g/mol. The quantitative estimate of drug-likeness (QED) is 0.647. The topological polar surface area (TPSA) is 35.8 Å². The van der Waals surface area contributed by atoms with Gasteiger partial charge < -0.3 is 5.32 Å². The lowest BCUT2D eigenvalue weighted by molar-refractivity contribution is 0.379. The Morgan fingerprint density at radius 2 is 1.64 bits per heavy atom. The van der Waals surface area contributed by atoms with Crippen LogP contribution in [0.15, 0.2) is 0 Å². The minimum absolute atomic E-state index is 0.392. The van der Waals surface area contributed by atoms with Crippen molar-refractivity contribution in [3.8, 4) is 6.07 Å². The molecule has 0 aromatic carbocycles. The summed E-state index contributed by atoms with van der Waals surface area (Å²) in [5, 5.41) is 12.2. The molecule has 0 aromatic heterocycles. The number of hydrogen-bond acceptors (Lipinski definition) is 2. The summed E-state index contributed by atoms with van der Waals surface area (Å²) < 4.78 is 0. The Bertz CT molecular complexity index is 154. The van der Waals surface area contributed by atoms with E-state index >= 15 is 0 Å². The van der Waals surface area contributed by atoms with Crippen molar-refractivity contribution in [1.82, 2.24) is 5.32 Å². The average molecular weight is 196 g/mol. The van der Waals surface area contributed by atoms with Crippen LogP contribution in [0.1, 0.15) is 59.3 Å². The van der Waals surface area contributed by atoms with E-state index in [4.69, 9.17) is 5.26 Å². The van der Waals surface area contributed by atoms with Crippen LogP contribution in [0, 0.1) is 11.3 Å². The Labute approximate surface area is 88.7 Å². The van der Waals surface area contributed by atoms with Gasteiger partial charge in [0.05, 0.1) is 12.5 Å². The van der Waals surface area contributed by atoms with E-state index in [2.05, 4.69) is 32.2 Å². The molecule has 82 valence electrons. The molecule has 0 aliphatic carbocycles. The second-order valence-electron chi connectivity index (χ2n) is 3.91. The molecule has 0 aliphatic rings. The van der Waals surface area contributed by atoms with E-state index in [0.29, 0.717) is 18.5 Å². The molecular weight excluding hydrogens is 172 g/mol. The van der Waals surface area contributed by atoms with Crippen molar-refractivity contribution in [2.75, 3.05) is 0 Å². The van der Waals surface area contributed by atoms with Gasteiger partial charge in [-0.25, -0.2) is 0 Å². The van der Waals surface area contributed by atoms with Crippen molar-refractivity contribution in [2.24, 2.45) is 0 Å². The largest absolute Gasteiger partial charge is 0.310 e. The highest BCUT2D eigenvalue weighted by atomic mass is 14.9. The van der Waals surface area contributed by atoms with Gasteiger partial charge in [-0.1, -0.05) is 33.6 Å². The lowest BCUT2D eigenvalue weighted by Crippen LogP contribution is -2.37. The van der Waals surface area contributed by atoms with E-state index in [-0.39, 0.29) is 0 Å². The van der Waals surface area contributed by atoms with Gasteiger partial charge in [-0.3, -0.25) is 0 Å². The molecule has 0 heterocycles. The maximum absolute atomic E-state index is 8.65. The second-order valence-corrected chi connectivity index (χ2v) is 3.91. The van der Waals surface area contributed by atoms with Crippen molar-refractivity contribution in [3.63, 3.8) is 0 Å². The standard InChI is InChI=1S/C12H24N2/c1-4-7-12(8-5-2)14-11(6-3)9-10-13/h11-12,14H,4-9H2,1-3H3. The van der Waals surface area contributed by atoms with Gasteiger partial charge in [0, 0.05) is 12.1 Å². The van der Waals surface area contributed by atoms with Gasteiger partial charge in [0.25, 0.3) is 0 Å². The number of nitriles is 1. The van der Waals surface area contributed by atoms with Crippen LogP contribution in [0.2, 0.25) is 0 Å². The number of nitrogens with zero attached hydrogens (tertiary/aromatic N) is 1. The summed E-state index contributed by atoms with van der Waals surface area (Å²) in [5.74, 6) is 0. The molecule has 0 aromatic rings. The van der Waals surface area contributed by atoms with E-state index < -0.39 is 0 Å². The van der Waals surface area contributed by atoms with Gasteiger partial charge in [-0.2, -0.15) is 5.26 Å². The predicted octanol–water partition coefficient (Wildman–Crippen LogP) is 3.24. The molecule has 0 saturated carbocycles. The van der Waals surface area contributed by atoms with Crippen molar-refractivity contribution >= 4 is 0 Å². The van der Waals surface area contributed by atoms with Crippen LogP contribution >= 0.6 is 0 Å². The van der Waals surface area contributed by atoms with Gasteiger partial charge in [0.2, 0.25) is 0 Å². The summed E-state index contributed by atoms with van der Waals surface area (Å²) in [6.07, 6.45) is 6.60. The molecule has 0 spiro atoms. The highest BCUT2D eigenvalue weighted by Crippen LogP contribution is 2.08. The second kappa shape index (κ2) is 9.02. The number of nitrogens with one attached hydrogen (secondary N) is 1. The molecule has 0 bridgehead atoms. The molecule has 1 N–H and O–H groups in total. The van der Waals surface area contributed by atoms with Gasteiger partial charge in [-0.05, 0) is 19.3 Å². The van der Waals surface area contributed by atoms with E-state index in [0.717, 1.165) is 6.42 Å². The van der Waals surface area contributed by atoms with Crippen LogP contribution in [-0.4, -0.2) is 12.1 Å². The first kappa shape index (κ1) is 13.4. The Kier molecular flexibility index (Phi) is 8.67. The molecule has 0 radical (unpaired) electrons. The number of rotatable bonds is 8. The molecule has 0 aliphatic heterocycles. The highest BCUT2D eigenvalue weighted by molar-refractivity contribution is 4.82. The Morgan fingerprint density at radius 3 is 2.00 bits per heavy atom. The van der Waals surface area contributed by atoms with Gasteiger partial charge in [0.15, 0.2) is 0 Å².